The summed E-state index contributed by atoms with van der Waals surface area (Å²) in [6.07, 6.45) is -0.349. The molecule has 7 nitrogen and oxygen atoms in total. The predicted octanol–water partition coefficient (Wildman–Crippen LogP) is 3.77. The van der Waals surface area contributed by atoms with E-state index >= 15 is 0 Å². The van der Waals surface area contributed by atoms with Gasteiger partial charge in [-0.25, -0.2) is 0 Å². The van der Waals surface area contributed by atoms with E-state index in [9.17, 15) is 0 Å². The van der Waals surface area contributed by atoms with Crippen molar-refractivity contribution in [3.8, 4) is 23.0 Å². The van der Waals surface area contributed by atoms with Gasteiger partial charge in [0, 0.05) is 26.1 Å². The van der Waals surface area contributed by atoms with E-state index in [2.05, 4.69) is 0 Å². The van der Waals surface area contributed by atoms with Crippen molar-refractivity contribution in [2.24, 2.45) is 11.8 Å². The minimum absolute atomic E-state index is 0.100. The minimum Gasteiger partial charge on any atom is -0.493 e. The molecule has 2 aliphatic heterocycles. The molecule has 162 valence electrons. The first-order valence-corrected chi connectivity index (χ1v) is 9.95. The topological polar surface area (TPSA) is 64.6 Å². The molecule has 0 saturated carbocycles. The van der Waals surface area contributed by atoms with Crippen LogP contribution < -0.4 is 18.9 Å². The van der Waals surface area contributed by atoms with E-state index in [0.717, 1.165) is 22.6 Å². The molecule has 0 aromatic heterocycles. The molecular formula is C23H28O7. The van der Waals surface area contributed by atoms with Crippen LogP contribution in [0.15, 0.2) is 36.4 Å². The third-order valence-corrected chi connectivity index (χ3v) is 5.80. The highest BCUT2D eigenvalue weighted by atomic mass is 16.7. The van der Waals surface area contributed by atoms with Crippen molar-refractivity contribution in [1.82, 2.24) is 0 Å². The second-order valence-corrected chi connectivity index (χ2v) is 7.44. The Kier molecular flexibility index (Phi) is 6.32. The highest BCUT2D eigenvalue weighted by molar-refractivity contribution is 5.46. The van der Waals surface area contributed by atoms with Crippen LogP contribution in [0, 0.1) is 11.8 Å². The number of hydrogen-bond acceptors (Lipinski definition) is 7. The molecule has 7 heteroatoms. The summed E-state index contributed by atoms with van der Waals surface area (Å²) in [5, 5.41) is 0. The monoisotopic (exact) mass is 416 g/mol. The summed E-state index contributed by atoms with van der Waals surface area (Å²) in [5.74, 6) is 3.06. The first kappa shape index (κ1) is 20.8. The van der Waals surface area contributed by atoms with Gasteiger partial charge in [-0.15, -0.1) is 0 Å². The van der Waals surface area contributed by atoms with Crippen molar-refractivity contribution >= 4 is 0 Å². The van der Waals surface area contributed by atoms with E-state index in [1.54, 1.807) is 28.4 Å². The fraction of sp³-hybridized carbons (Fsp3) is 0.478. The zero-order chi connectivity index (χ0) is 21.1. The van der Waals surface area contributed by atoms with E-state index in [0.29, 0.717) is 24.7 Å². The highest BCUT2D eigenvalue weighted by Gasteiger charge is 2.46. The molecule has 1 fully saturated rings. The van der Waals surface area contributed by atoms with E-state index in [1.165, 1.54) is 0 Å². The Morgan fingerprint density at radius 2 is 1.33 bits per heavy atom. The molecule has 0 spiro atoms. The summed E-state index contributed by atoms with van der Waals surface area (Å²) in [4.78, 5) is 0. The van der Waals surface area contributed by atoms with Crippen molar-refractivity contribution in [1.29, 1.82) is 0 Å². The Balaban J connectivity index is 1.70. The Hall–Kier alpha value is -2.48. The van der Waals surface area contributed by atoms with Gasteiger partial charge in [-0.2, -0.15) is 0 Å². The molecule has 0 aliphatic carbocycles. The zero-order valence-electron chi connectivity index (χ0n) is 17.8. The number of fused-ring (bicyclic) bond motifs is 1. The third-order valence-electron chi connectivity index (χ3n) is 5.80. The Bertz CT molecular complexity index is 869. The summed E-state index contributed by atoms with van der Waals surface area (Å²) in [6, 6.07) is 11.8. The van der Waals surface area contributed by atoms with Crippen molar-refractivity contribution in [3.63, 3.8) is 0 Å². The van der Waals surface area contributed by atoms with Gasteiger partial charge in [-0.05, 0) is 35.4 Å². The Morgan fingerprint density at radius 3 is 1.97 bits per heavy atom. The zero-order valence-corrected chi connectivity index (χ0v) is 17.8. The predicted molar refractivity (Wildman–Crippen MR) is 109 cm³/mol. The molecule has 4 rings (SSSR count). The summed E-state index contributed by atoms with van der Waals surface area (Å²) >= 11 is 0. The van der Waals surface area contributed by atoms with Crippen LogP contribution in [-0.4, -0.2) is 48.4 Å². The average molecular weight is 416 g/mol. The number of ether oxygens (including phenoxy) is 7. The fourth-order valence-corrected chi connectivity index (χ4v) is 4.39. The quantitative estimate of drug-likeness (QED) is 0.649. The van der Waals surface area contributed by atoms with Crippen LogP contribution in [0.3, 0.4) is 0 Å². The van der Waals surface area contributed by atoms with Crippen molar-refractivity contribution < 1.29 is 33.2 Å². The van der Waals surface area contributed by atoms with Crippen LogP contribution in [0.1, 0.15) is 23.3 Å². The molecule has 0 bridgehead atoms. The molecular weight excluding hydrogens is 388 g/mol. The third kappa shape index (κ3) is 3.80. The van der Waals surface area contributed by atoms with Crippen LogP contribution in [0.4, 0.5) is 0 Å². The average Bonchev–Trinajstić information content (AvgIpc) is 3.38. The summed E-state index contributed by atoms with van der Waals surface area (Å²) in [6.45, 7) is 1.34. The molecule has 2 aromatic rings. The van der Waals surface area contributed by atoms with E-state index in [1.807, 2.05) is 36.4 Å². The molecule has 2 aromatic carbocycles. The maximum atomic E-state index is 6.64. The normalized spacial score (nSPS) is 24.8. The van der Waals surface area contributed by atoms with Crippen molar-refractivity contribution in [2.45, 2.75) is 12.2 Å². The highest BCUT2D eigenvalue weighted by Crippen LogP contribution is 2.51. The van der Waals surface area contributed by atoms with Crippen LogP contribution in [0.5, 0.6) is 23.0 Å². The molecule has 0 amide bonds. The lowest BCUT2D eigenvalue weighted by Gasteiger charge is -2.23. The maximum absolute atomic E-state index is 6.64. The second kappa shape index (κ2) is 9.12. The molecule has 0 N–H and O–H groups in total. The standard InChI is InChI=1S/C23H28O7/c1-24-11-16-17(12-25-2)23(15-6-8-19-21(10-15)29-13-28-19)30-22(16)14-5-7-18(26-3)20(9-14)27-4/h5-10,16-17,22-23H,11-13H2,1-4H3/t16-,17+,22+,23-/m1/s1. The maximum Gasteiger partial charge on any atom is 0.231 e. The van der Waals surface area contributed by atoms with Gasteiger partial charge < -0.3 is 33.2 Å². The van der Waals surface area contributed by atoms with Gasteiger partial charge in [-0.1, -0.05) is 12.1 Å². The number of benzene rings is 2. The summed E-state index contributed by atoms with van der Waals surface area (Å²) in [5.41, 5.74) is 2.05. The first-order chi connectivity index (χ1) is 14.7. The lowest BCUT2D eigenvalue weighted by Crippen LogP contribution is -2.25. The lowest BCUT2D eigenvalue weighted by molar-refractivity contribution is 0.0143. The van der Waals surface area contributed by atoms with Gasteiger partial charge in [-0.3, -0.25) is 0 Å². The van der Waals surface area contributed by atoms with Gasteiger partial charge in [0.25, 0.3) is 0 Å². The van der Waals surface area contributed by atoms with E-state index < -0.39 is 0 Å². The molecule has 30 heavy (non-hydrogen) atoms. The number of rotatable bonds is 8. The smallest absolute Gasteiger partial charge is 0.231 e. The molecule has 2 aliphatic rings. The molecule has 0 unspecified atom stereocenters. The molecule has 2 heterocycles. The lowest BCUT2D eigenvalue weighted by atomic mass is 9.83. The molecule has 1 saturated heterocycles. The second-order valence-electron chi connectivity index (χ2n) is 7.44. The SMILES string of the molecule is COC[C@@H]1[C@H](COC)[C@@H](c2ccc3c(c2)OCO3)O[C@H]1c1ccc(OC)c(OC)c1. The molecule has 4 atom stereocenters. The summed E-state index contributed by atoms with van der Waals surface area (Å²) in [7, 11) is 6.68. The first-order valence-electron chi connectivity index (χ1n) is 9.95. The van der Waals surface area contributed by atoms with Gasteiger partial charge in [0.05, 0.1) is 39.6 Å². The van der Waals surface area contributed by atoms with E-state index in [-0.39, 0.29) is 30.8 Å². The van der Waals surface area contributed by atoms with Gasteiger partial charge in [0.2, 0.25) is 6.79 Å². The number of methoxy groups -OCH3 is 4. The largest absolute Gasteiger partial charge is 0.493 e. The minimum atomic E-state index is -0.180. The van der Waals surface area contributed by atoms with Crippen molar-refractivity contribution in [3.05, 3.63) is 47.5 Å². The van der Waals surface area contributed by atoms with E-state index in [4.69, 9.17) is 33.2 Å². The van der Waals surface area contributed by atoms with Gasteiger partial charge in [0.15, 0.2) is 23.0 Å². The van der Waals surface area contributed by atoms with Gasteiger partial charge >= 0.3 is 0 Å². The fourth-order valence-electron chi connectivity index (χ4n) is 4.39. The summed E-state index contributed by atoms with van der Waals surface area (Å²) < 4.78 is 39.7. The molecule has 0 radical (unpaired) electrons. The van der Waals surface area contributed by atoms with Crippen LogP contribution in [0.2, 0.25) is 0 Å². The Morgan fingerprint density at radius 1 is 0.733 bits per heavy atom. The van der Waals surface area contributed by atoms with Crippen molar-refractivity contribution in [2.75, 3.05) is 48.4 Å². The van der Waals surface area contributed by atoms with Crippen LogP contribution >= 0.6 is 0 Å². The van der Waals surface area contributed by atoms with Crippen LogP contribution in [0.25, 0.3) is 0 Å². The number of hydrogen-bond donors (Lipinski definition) is 0. The van der Waals surface area contributed by atoms with Crippen LogP contribution in [-0.2, 0) is 14.2 Å². The Labute approximate surface area is 176 Å². The van der Waals surface area contributed by atoms with Gasteiger partial charge in [0.1, 0.15) is 0 Å².